The third-order valence-corrected chi connectivity index (χ3v) is 5.08. The van der Waals surface area contributed by atoms with Crippen LogP contribution < -0.4 is 0 Å². The molecule has 0 aliphatic heterocycles. The van der Waals surface area contributed by atoms with Crippen molar-refractivity contribution in [3.05, 3.63) is 102 Å². The Labute approximate surface area is 170 Å². The summed E-state index contributed by atoms with van der Waals surface area (Å²) in [6.07, 6.45) is 1.63. The Balaban J connectivity index is 1.79. The summed E-state index contributed by atoms with van der Waals surface area (Å²) in [6, 6.07) is 21.0. The van der Waals surface area contributed by atoms with E-state index in [0.717, 1.165) is 52.0 Å². The number of fused-ring (bicyclic) bond motifs is 1. The van der Waals surface area contributed by atoms with Crippen molar-refractivity contribution in [1.82, 2.24) is 9.97 Å². The van der Waals surface area contributed by atoms with Gasteiger partial charge in [-0.05, 0) is 74.2 Å². The van der Waals surface area contributed by atoms with Gasteiger partial charge < -0.3 is 0 Å². The number of nitrogens with zero attached hydrogens (tertiary/aromatic N) is 2. The second kappa shape index (κ2) is 7.96. The van der Waals surface area contributed by atoms with E-state index in [1.807, 2.05) is 25.1 Å². The summed E-state index contributed by atoms with van der Waals surface area (Å²) in [6.45, 7) is 8.11. The van der Waals surface area contributed by atoms with E-state index in [-0.39, 0.29) is 5.82 Å². The smallest absolute Gasteiger partial charge is 0.123 e. The molecule has 3 heteroatoms. The van der Waals surface area contributed by atoms with E-state index in [1.54, 1.807) is 12.1 Å². The Kier molecular flexibility index (Phi) is 5.22. The minimum absolute atomic E-state index is 0.255. The van der Waals surface area contributed by atoms with Gasteiger partial charge in [-0.15, -0.1) is 0 Å². The minimum atomic E-state index is -0.255. The van der Waals surface area contributed by atoms with Crippen molar-refractivity contribution in [1.29, 1.82) is 0 Å². The molecule has 1 aromatic heterocycles. The second-order valence-electron chi connectivity index (χ2n) is 7.50. The van der Waals surface area contributed by atoms with E-state index in [1.165, 1.54) is 23.3 Å². The lowest BCUT2D eigenvalue weighted by atomic mass is 10.0. The fourth-order valence-electron chi connectivity index (χ4n) is 3.50. The first-order chi connectivity index (χ1) is 14.0. The number of rotatable bonds is 5. The molecule has 0 fully saturated rings. The van der Waals surface area contributed by atoms with Gasteiger partial charge in [0.25, 0.3) is 0 Å². The van der Waals surface area contributed by atoms with E-state index < -0.39 is 0 Å². The van der Waals surface area contributed by atoms with Crippen molar-refractivity contribution in [2.24, 2.45) is 0 Å². The van der Waals surface area contributed by atoms with Crippen LogP contribution in [0, 0.1) is 12.7 Å². The highest BCUT2D eigenvalue weighted by molar-refractivity contribution is 5.82. The molecule has 4 rings (SSSR count). The van der Waals surface area contributed by atoms with Crippen molar-refractivity contribution < 1.29 is 4.39 Å². The summed E-state index contributed by atoms with van der Waals surface area (Å²) in [4.78, 5) is 9.85. The molecule has 144 valence electrons. The number of halogens is 1. The zero-order valence-corrected chi connectivity index (χ0v) is 16.7. The van der Waals surface area contributed by atoms with Gasteiger partial charge in [0.15, 0.2) is 0 Å². The van der Waals surface area contributed by atoms with Crippen LogP contribution in [0.5, 0.6) is 0 Å². The van der Waals surface area contributed by atoms with Crippen LogP contribution in [0.25, 0.3) is 27.9 Å². The van der Waals surface area contributed by atoms with Gasteiger partial charge >= 0.3 is 0 Å². The van der Waals surface area contributed by atoms with Crippen LogP contribution in [-0.2, 0) is 12.8 Å². The highest BCUT2D eigenvalue weighted by Crippen LogP contribution is 2.26. The summed E-state index contributed by atoms with van der Waals surface area (Å²) in [5.74, 6) is -0.255. The molecule has 0 saturated heterocycles. The molecule has 0 aliphatic carbocycles. The van der Waals surface area contributed by atoms with Gasteiger partial charge in [0.2, 0.25) is 0 Å². The SMILES string of the molecule is C=C(C)c1ccc2nc(-c3ccc(F)cc3)c(CCc3cccc(C)c3)nc2c1. The third kappa shape index (κ3) is 4.24. The van der Waals surface area contributed by atoms with Gasteiger partial charge in [-0.3, -0.25) is 0 Å². The maximum Gasteiger partial charge on any atom is 0.123 e. The summed E-state index contributed by atoms with van der Waals surface area (Å²) >= 11 is 0. The molecular weight excluding hydrogens is 359 g/mol. The van der Waals surface area contributed by atoms with Crippen molar-refractivity contribution in [2.45, 2.75) is 26.7 Å². The predicted molar refractivity (Wildman–Crippen MR) is 118 cm³/mol. The molecule has 0 aliphatic rings. The van der Waals surface area contributed by atoms with Gasteiger partial charge in [-0.2, -0.15) is 0 Å². The van der Waals surface area contributed by atoms with Gasteiger partial charge in [0.05, 0.1) is 22.4 Å². The van der Waals surface area contributed by atoms with E-state index in [2.05, 4.69) is 37.8 Å². The molecule has 2 nitrogen and oxygen atoms in total. The zero-order chi connectivity index (χ0) is 20.4. The molecule has 29 heavy (non-hydrogen) atoms. The molecule has 4 aromatic rings. The van der Waals surface area contributed by atoms with Crippen molar-refractivity contribution >= 4 is 16.6 Å². The summed E-state index contributed by atoms with van der Waals surface area (Å²) in [7, 11) is 0. The number of aromatic nitrogens is 2. The van der Waals surface area contributed by atoms with E-state index in [9.17, 15) is 4.39 Å². The van der Waals surface area contributed by atoms with Crippen molar-refractivity contribution in [2.75, 3.05) is 0 Å². The number of benzene rings is 3. The highest BCUT2D eigenvalue weighted by Gasteiger charge is 2.12. The Morgan fingerprint density at radius 3 is 2.41 bits per heavy atom. The van der Waals surface area contributed by atoms with Gasteiger partial charge in [0.1, 0.15) is 5.82 Å². The van der Waals surface area contributed by atoms with Crippen LogP contribution in [0.15, 0.2) is 73.3 Å². The minimum Gasteiger partial charge on any atom is -0.249 e. The monoisotopic (exact) mass is 382 g/mol. The topological polar surface area (TPSA) is 25.8 Å². The Bertz CT molecular complexity index is 1190. The van der Waals surface area contributed by atoms with E-state index in [0.29, 0.717) is 0 Å². The van der Waals surface area contributed by atoms with Crippen LogP contribution in [-0.4, -0.2) is 9.97 Å². The van der Waals surface area contributed by atoms with E-state index >= 15 is 0 Å². The molecule has 0 atom stereocenters. The Morgan fingerprint density at radius 2 is 1.69 bits per heavy atom. The standard InChI is InChI=1S/C26H23FN2/c1-17(2)21-10-14-23-25(16-21)28-24(13-7-19-6-4-5-18(3)15-19)26(29-23)20-8-11-22(27)12-9-20/h4-6,8-12,14-16H,1,7,13H2,2-3H3. The maximum atomic E-state index is 13.4. The number of hydrogen-bond acceptors (Lipinski definition) is 2. The second-order valence-corrected chi connectivity index (χ2v) is 7.50. The quantitative estimate of drug-likeness (QED) is 0.390. The molecular formula is C26H23FN2. The molecule has 1 heterocycles. The average Bonchev–Trinajstić information content (AvgIpc) is 2.72. The molecule has 3 aromatic carbocycles. The predicted octanol–water partition coefficient (Wildman–Crippen LogP) is 6.56. The fourth-order valence-corrected chi connectivity index (χ4v) is 3.50. The van der Waals surface area contributed by atoms with Crippen LogP contribution >= 0.6 is 0 Å². The third-order valence-electron chi connectivity index (χ3n) is 5.08. The molecule has 0 spiro atoms. The largest absolute Gasteiger partial charge is 0.249 e. The van der Waals surface area contributed by atoms with Gasteiger partial charge in [-0.1, -0.05) is 48.0 Å². The number of allylic oxidation sites excluding steroid dienone is 1. The molecule has 0 N–H and O–H groups in total. The lowest BCUT2D eigenvalue weighted by molar-refractivity contribution is 0.628. The number of hydrogen-bond donors (Lipinski definition) is 0. The molecule has 0 saturated carbocycles. The van der Waals surface area contributed by atoms with Crippen molar-refractivity contribution in [3.63, 3.8) is 0 Å². The molecule has 0 bridgehead atoms. The summed E-state index contributed by atoms with van der Waals surface area (Å²) < 4.78 is 13.4. The zero-order valence-electron chi connectivity index (χ0n) is 16.7. The van der Waals surface area contributed by atoms with E-state index in [4.69, 9.17) is 9.97 Å². The van der Waals surface area contributed by atoms with Crippen LogP contribution in [0.3, 0.4) is 0 Å². The highest BCUT2D eigenvalue weighted by atomic mass is 19.1. The molecule has 0 radical (unpaired) electrons. The van der Waals surface area contributed by atoms with Crippen molar-refractivity contribution in [3.8, 4) is 11.3 Å². The fraction of sp³-hybridized carbons (Fsp3) is 0.154. The first-order valence-electron chi connectivity index (χ1n) is 9.77. The first kappa shape index (κ1) is 19.0. The van der Waals surface area contributed by atoms with Crippen LogP contribution in [0.1, 0.15) is 29.3 Å². The van der Waals surface area contributed by atoms with Gasteiger partial charge in [0, 0.05) is 5.56 Å². The molecule has 0 unspecified atom stereocenters. The average molecular weight is 382 g/mol. The number of aryl methyl sites for hydroxylation is 3. The van der Waals surface area contributed by atoms with Gasteiger partial charge in [-0.25, -0.2) is 14.4 Å². The normalized spacial score (nSPS) is 11.0. The summed E-state index contributed by atoms with van der Waals surface area (Å²) in [5.41, 5.74) is 8.87. The molecule has 0 amide bonds. The lowest BCUT2D eigenvalue weighted by Crippen LogP contribution is -2.02. The van der Waals surface area contributed by atoms with Crippen LogP contribution in [0.4, 0.5) is 4.39 Å². The maximum absolute atomic E-state index is 13.4. The summed E-state index contributed by atoms with van der Waals surface area (Å²) in [5, 5.41) is 0. The Hall–Kier alpha value is -3.33. The first-order valence-corrected chi connectivity index (χ1v) is 9.77. The van der Waals surface area contributed by atoms with Crippen LogP contribution in [0.2, 0.25) is 0 Å². The lowest BCUT2D eigenvalue weighted by Gasteiger charge is -2.12. The Morgan fingerprint density at radius 1 is 0.897 bits per heavy atom.